The van der Waals surface area contributed by atoms with Gasteiger partial charge in [0.15, 0.2) is 0 Å². The van der Waals surface area contributed by atoms with Gasteiger partial charge in [-0.1, -0.05) is 29.0 Å². The van der Waals surface area contributed by atoms with Crippen LogP contribution in [0.2, 0.25) is 5.02 Å². The molecule has 0 radical (unpaired) electrons. The van der Waals surface area contributed by atoms with Gasteiger partial charge in [0.05, 0.1) is 12.5 Å². The average Bonchev–Trinajstić information content (AvgIpc) is 3.46. The first-order chi connectivity index (χ1) is 15.9. The van der Waals surface area contributed by atoms with E-state index in [9.17, 15) is 14.4 Å². The van der Waals surface area contributed by atoms with E-state index in [4.69, 9.17) is 16.0 Å². The number of carbonyl (C=O) groups excluding carboxylic acids is 3. The Kier molecular flexibility index (Phi) is 7.05. The fraction of sp³-hybridized carbons (Fsp3) is 0.318. The predicted molar refractivity (Wildman–Crippen MR) is 123 cm³/mol. The van der Waals surface area contributed by atoms with Gasteiger partial charge in [-0.3, -0.25) is 14.4 Å². The summed E-state index contributed by atoms with van der Waals surface area (Å²) in [5.74, 6) is 0.206. The number of carbonyl (C=O) groups is 3. The van der Waals surface area contributed by atoms with Gasteiger partial charge >= 0.3 is 0 Å². The van der Waals surface area contributed by atoms with Gasteiger partial charge in [-0.2, -0.15) is 0 Å². The minimum absolute atomic E-state index is 0.0679. The number of piperidine rings is 1. The number of anilines is 1. The molecule has 9 nitrogen and oxygen atoms in total. The summed E-state index contributed by atoms with van der Waals surface area (Å²) in [5, 5.41) is 14.0. The Morgan fingerprint density at radius 3 is 2.79 bits per heavy atom. The van der Waals surface area contributed by atoms with E-state index in [1.54, 1.807) is 29.2 Å². The average molecular weight is 488 g/mol. The second-order valence-electron chi connectivity index (χ2n) is 7.70. The first-order valence-electron chi connectivity index (χ1n) is 10.4. The standard InChI is InChI=1S/C22H22ClN5O4S/c1-13-7-8-17(32-13)11-24-18(29)14-4-3-9-28(12-14)22(31)21-27-26-20(33-21)19(30)25-16-6-2-5-15(23)10-16/h2,5-8,10,14H,3-4,9,11-12H2,1H3,(H,24,29)(H,25,30)/t14-/m1/s1. The number of benzene rings is 1. The van der Waals surface area contributed by atoms with E-state index in [2.05, 4.69) is 20.8 Å². The summed E-state index contributed by atoms with van der Waals surface area (Å²) in [6, 6.07) is 10.4. The maximum absolute atomic E-state index is 12.9. The molecule has 3 amide bonds. The Labute approximate surface area is 199 Å². The molecule has 1 aromatic carbocycles. The zero-order valence-corrected chi connectivity index (χ0v) is 19.4. The SMILES string of the molecule is Cc1ccc(CNC(=O)[C@@H]2CCCN(C(=O)c3nnc(C(=O)Nc4cccc(Cl)c4)s3)C2)o1. The van der Waals surface area contributed by atoms with Gasteiger partial charge in [-0.05, 0) is 50.1 Å². The number of amides is 3. The molecule has 33 heavy (non-hydrogen) atoms. The third-order valence-corrected chi connectivity index (χ3v) is 6.34. The number of furan rings is 1. The van der Waals surface area contributed by atoms with Crippen LogP contribution < -0.4 is 10.6 Å². The zero-order valence-electron chi connectivity index (χ0n) is 17.8. The second kappa shape index (κ2) is 10.1. The summed E-state index contributed by atoms with van der Waals surface area (Å²) < 4.78 is 5.47. The fourth-order valence-electron chi connectivity index (χ4n) is 3.56. The number of aromatic nitrogens is 2. The van der Waals surface area contributed by atoms with Crippen molar-refractivity contribution in [3.05, 3.63) is 63.0 Å². The van der Waals surface area contributed by atoms with Gasteiger partial charge in [-0.15, -0.1) is 10.2 Å². The topological polar surface area (TPSA) is 117 Å². The van der Waals surface area contributed by atoms with Crippen LogP contribution in [0.3, 0.4) is 0 Å². The van der Waals surface area contributed by atoms with Crippen molar-refractivity contribution >= 4 is 46.3 Å². The number of halogens is 1. The van der Waals surface area contributed by atoms with Crippen LogP contribution in [0.15, 0.2) is 40.8 Å². The summed E-state index contributed by atoms with van der Waals surface area (Å²) >= 11 is 6.85. The van der Waals surface area contributed by atoms with Crippen LogP contribution in [0, 0.1) is 12.8 Å². The Morgan fingerprint density at radius 2 is 2.03 bits per heavy atom. The highest BCUT2D eigenvalue weighted by Gasteiger charge is 2.31. The fourth-order valence-corrected chi connectivity index (χ4v) is 4.46. The summed E-state index contributed by atoms with van der Waals surface area (Å²) in [6.07, 6.45) is 1.39. The van der Waals surface area contributed by atoms with Crippen molar-refractivity contribution in [3.8, 4) is 0 Å². The molecule has 11 heteroatoms. The van der Waals surface area contributed by atoms with E-state index < -0.39 is 5.91 Å². The van der Waals surface area contributed by atoms with Gasteiger partial charge in [0, 0.05) is 23.8 Å². The monoisotopic (exact) mass is 487 g/mol. The van der Waals surface area contributed by atoms with Gasteiger partial charge in [0.2, 0.25) is 15.9 Å². The largest absolute Gasteiger partial charge is 0.465 e. The maximum Gasteiger partial charge on any atom is 0.286 e. The molecule has 1 atom stereocenters. The third kappa shape index (κ3) is 5.77. The van der Waals surface area contributed by atoms with E-state index >= 15 is 0 Å². The number of aryl methyl sites for hydroxylation is 1. The molecule has 3 aromatic rings. The molecule has 0 aliphatic carbocycles. The van der Waals surface area contributed by atoms with Crippen LogP contribution in [-0.4, -0.2) is 45.9 Å². The maximum atomic E-state index is 12.9. The quantitative estimate of drug-likeness (QED) is 0.549. The van der Waals surface area contributed by atoms with Crippen molar-refractivity contribution in [1.29, 1.82) is 0 Å². The van der Waals surface area contributed by atoms with Crippen molar-refractivity contribution < 1.29 is 18.8 Å². The van der Waals surface area contributed by atoms with Gasteiger partial charge in [-0.25, -0.2) is 0 Å². The Hall–Kier alpha value is -3.24. The molecule has 2 aromatic heterocycles. The zero-order chi connectivity index (χ0) is 23.4. The van der Waals surface area contributed by atoms with Crippen molar-refractivity contribution in [2.24, 2.45) is 5.92 Å². The molecule has 0 spiro atoms. The highest BCUT2D eigenvalue weighted by molar-refractivity contribution is 7.15. The van der Waals surface area contributed by atoms with E-state index in [-0.39, 0.29) is 34.3 Å². The Bertz CT molecular complexity index is 1180. The molecule has 0 saturated carbocycles. The van der Waals surface area contributed by atoms with E-state index in [0.29, 0.717) is 42.4 Å². The smallest absolute Gasteiger partial charge is 0.286 e. The van der Waals surface area contributed by atoms with Gasteiger partial charge in [0.25, 0.3) is 11.8 Å². The van der Waals surface area contributed by atoms with Crippen LogP contribution in [0.25, 0.3) is 0 Å². The summed E-state index contributed by atoms with van der Waals surface area (Å²) in [7, 11) is 0. The predicted octanol–water partition coefficient (Wildman–Crippen LogP) is 3.51. The number of nitrogens with zero attached hydrogens (tertiary/aromatic N) is 3. The lowest BCUT2D eigenvalue weighted by Crippen LogP contribution is -2.45. The summed E-state index contributed by atoms with van der Waals surface area (Å²) in [6.45, 7) is 2.95. The normalized spacial score (nSPS) is 15.8. The number of rotatable bonds is 6. The number of nitrogens with one attached hydrogen (secondary N) is 2. The van der Waals surface area contributed by atoms with Gasteiger partial charge < -0.3 is 20.0 Å². The molecular weight excluding hydrogens is 466 g/mol. The van der Waals surface area contributed by atoms with Crippen molar-refractivity contribution in [2.75, 3.05) is 18.4 Å². The minimum Gasteiger partial charge on any atom is -0.465 e. The molecule has 172 valence electrons. The van der Waals surface area contributed by atoms with Crippen LogP contribution >= 0.6 is 22.9 Å². The first-order valence-corrected chi connectivity index (χ1v) is 11.6. The first kappa shape index (κ1) is 22.9. The molecule has 1 aliphatic heterocycles. The van der Waals surface area contributed by atoms with E-state index in [0.717, 1.165) is 17.1 Å². The molecular formula is C22H22ClN5O4S. The Morgan fingerprint density at radius 1 is 1.21 bits per heavy atom. The Balaban J connectivity index is 1.34. The molecule has 3 heterocycles. The van der Waals surface area contributed by atoms with Gasteiger partial charge in [0.1, 0.15) is 11.5 Å². The lowest BCUT2D eigenvalue weighted by molar-refractivity contribution is -0.126. The van der Waals surface area contributed by atoms with Crippen LogP contribution in [-0.2, 0) is 11.3 Å². The molecule has 1 fully saturated rings. The number of hydrogen-bond acceptors (Lipinski definition) is 7. The highest BCUT2D eigenvalue weighted by Crippen LogP contribution is 2.22. The van der Waals surface area contributed by atoms with Crippen LogP contribution in [0.5, 0.6) is 0 Å². The minimum atomic E-state index is -0.474. The molecule has 4 rings (SSSR count). The lowest BCUT2D eigenvalue weighted by Gasteiger charge is -2.31. The molecule has 0 unspecified atom stereocenters. The summed E-state index contributed by atoms with van der Waals surface area (Å²) in [5.41, 5.74) is 0.519. The molecule has 2 N–H and O–H groups in total. The van der Waals surface area contributed by atoms with E-state index in [1.165, 1.54) is 0 Å². The van der Waals surface area contributed by atoms with Crippen LogP contribution in [0.1, 0.15) is 44.0 Å². The lowest BCUT2D eigenvalue weighted by atomic mass is 9.97. The van der Waals surface area contributed by atoms with Crippen molar-refractivity contribution in [1.82, 2.24) is 20.4 Å². The van der Waals surface area contributed by atoms with E-state index in [1.807, 2.05) is 19.1 Å². The van der Waals surface area contributed by atoms with Crippen LogP contribution in [0.4, 0.5) is 5.69 Å². The highest BCUT2D eigenvalue weighted by atomic mass is 35.5. The number of hydrogen-bond donors (Lipinski definition) is 2. The van der Waals surface area contributed by atoms with Crippen molar-refractivity contribution in [3.63, 3.8) is 0 Å². The van der Waals surface area contributed by atoms with Crippen molar-refractivity contribution in [2.45, 2.75) is 26.3 Å². The molecule has 0 bridgehead atoms. The number of likely N-dealkylation sites (tertiary alicyclic amines) is 1. The third-order valence-electron chi connectivity index (χ3n) is 5.20. The second-order valence-corrected chi connectivity index (χ2v) is 9.11. The molecule has 1 saturated heterocycles. The summed E-state index contributed by atoms with van der Waals surface area (Å²) in [4.78, 5) is 39.5. The molecule has 1 aliphatic rings.